The van der Waals surface area contributed by atoms with Gasteiger partial charge in [-0.25, -0.2) is 0 Å². The van der Waals surface area contributed by atoms with Crippen LogP contribution in [0.15, 0.2) is 18.2 Å². The van der Waals surface area contributed by atoms with E-state index in [1.165, 1.54) is 6.92 Å². The first-order chi connectivity index (χ1) is 10.0. The first-order valence-corrected chi connectivity index (χ1v) is 7.22. The van der Waals surface area contributed by atoms with E-state index in [1.807, 2.05) is 11.5 Å². The lowest BCUT2D eigenvalue weighted by Crippen LogP contribution is -2.08. The van der Waals surface area contributed by atoms with Crippen molar-refractivity contribution in [1.82, 2.24) is 14.8 Å². The van der Waals surface area contributed by atoms with Crippen molar-refractivity contribution in [3.63, 3.8) is 0 Å². The van der Waals surface area contributed by atoms with E-state index in [0.717, 1.165) is 24.6 Å². The van der Waals surface area contributed by atoms with E-state index in [4.69, 9.17) is 16.3 Å². The SMILES string of the molecule is CCCn1c(C)nnc1COc1ccc(C(C)=O)cc1Cl. The van der Waals surface area contributed by atoms with Crippen molar-refractivity contribution in [1.29, 1.82) is 0 Å². The van der Waals surface area contributed by atoms with Crippen LogP contribution in [0.5, 0.6) is 5.75 Å². The Labute approximate surface area is 128 Å². The number of benzene rings is 1. The molecular formula is C15H18ClN3O2. The fourth-order valence-corrected chi connectivity index (χ4v) is 2.26. The highest BCUT2D eigenvalue weighted by Gasteiger charge is 2.11. The van der Waals surface area contributed by atoms with Crippen LogP contribution in [0, 0.1) is 6.92 Å². The lowest BCUT2D eigenvalue weighted by Gasteiger charge is -2.10. The van der Waals surface area contributed by atoms with Gasteiger partial charge in [-0.2, -0.15) is 0 Å². The Bertz CT molecular complexity index is 652. The number of halogens is 1. The van der Waals surface area contributed by atoms with Crippen LogP contribution in [-0.4, -0.2) is 20.5 Å². The van der Waals surface area contributed by atoms with Gasteiger partial charge in [0.25, 0.3) is 0 Å². The zero-order valence-electron chi connectivity index (χ0n) is 12.4. The molecule has 1 aromatic heterocycles. The van der Waals surface area contributed by atoms with E-state index in [-0.39, 0.29) is 5.78 Å². The summed E-state index contributed by atoms with van der Waals surface area (Å²) in [6.45, 7) is 6.67. The molecule has 0 saturated carbocycles. The minimum absolute atomic E-state index is 0.0261. The van der Waals surface area contributed by atoms with Gasteiger partial charge in [-0.15, -0.1) is 10.2 Å². The number of ether oxygens (including phenoxy) is 1. The molecule has 0 unspecified atom stereocenters. The van der Waals surface area contributed by atoms with Crippen LogP contribution in [0.2, 0.25) is 5.02 Å². The molecule has 1 aromatic carbocycles. The maximum absolute atomic E-state index is 11.3. The number of aromatic nitrogens is 3. The smallest absolute Gasteiger partial charge is 0.171 e. The fourth-order valence-electron chi connectivity index (χ4n) is 2.03. The number of ketones is 1. The first-order valence-electron chi connectivity index (χ1n) is 6.85. The number of rotatable bonds is 6. The Hall–Kier alpha value is -1.88. The van der Waals surface area contributed by atoms with Gasteiger partial charge in [0, 0.05) is 12.1 Å². The van der Waals surface area contributed by atoms with Crippen molar-refractivity contribution in [3.05, 3.63) is 40.4 Å². The van der Waals surface area contributed by atoms with Crippen LogP contribution in [0.1, 0.15) is 42.3 Å². The quantitative estimate of drug-likeness (QED) is 0.767. The predicted octanol–water partition coefficient (Wildman–Crippen LogP) is 3.43. The van der Waals surface area contributed by atoms with Crippen molar-refractivity contribution in [2.45, 2.75) is 40.3 Å². The Morgan fingerprint density at radius 1 is 1.38 bits per heavy atom. The van der Waals surface area contributed by atoms with Crippen molar-refractivity contribution in [2.75, 3.05) is 0 Å². The molecule has 2 aromatic rings. The number of carbonyl (C=O) groups excluding carboxylic acids is 1. The minimum Gasteiger partial charge on any atom is -0.484 e. The van der Waals surface area contributed by atoms with Crippen LogP contribution in [-0.2, 0) is 13.2 Å². The van der Waals surface area contributed by atoms with Crippen molar-refractivity contribution >= 4 is 17.4 Å². The average Bonchev–Trinajstić information content (AvgIpc) is 2.79. The number of nitrogens with zero attached hydrogens (tertiary/aromatic N) is 3. The largest absolute Gasteiger partial charge is 0.484 e. The zero-order valence-corrected chi connectivity index (χ0v) is 13.1. The minimum atomic E-state index is -0.0261. The highest BCUT2D eigenvalue weighted by atomic mass is 35.5. The summed E-state index contributed by atoms with van der Waals surface area (Å²) in [4.78, 5) is 11.3. The van der Waals surface area contributed by atoms with Crippen LogP contribution in [0.3, 0.4) is 0 Å². The highest BCUT2D eigenvalue weighted by Crippen LogP contribution is 2.26. The molecule has 0 radical (unpaired) electrons. The third-order valence-corrected chi connectivity index (χ3v) is 3.45. The van der Waals surface area contributed by atoms with Gasteiger partial charge in [-0.1, -0.05) is 18.5 Å². The van der Waals surface area contributed by atoms with E-state index in [1.54, 1.807) is 18.2 Å². The highest BCUT2D eigenvalue weighted by molar-refractivity contribution is 6.32. The molecule has 2 rings (SSSR count). The maximum Gasteiger partial charge on any atom is 0.171 e. The summed E-state index contributed by atoms with van der Waals surface area (Å²) < 4.78 is 7.72. The molecule has 112 valence electrons. The Morgan fingerprint density at radius 3 is 2.76 bits per heavy atom. The molecule has 0 saturated heterocycles. The normalized spacial score (nSPS) is 10.7. The van der Waals surface area contributed by atoms with Gasteiger partial charge in [-0.3, -0.25) is 4.79 Å². The number of carbonyl (C=O) groups is 1. The Morgan fingerprint density at radius 2 is 2.14 bits per heavy atom. The number of Topliss-reactive ketones (excluding diaryl/α,β-unsaturated/α-hetero) is 1. The van der Waals surface area contributed by atoms with Gasteiger partial charge in [0.05, 0.1) is 5.02 Å². The second-order valence-corrected chi connectivity index (χ2v) is 5.21. The summed E-state index contributed by atoms with van der Waals surface area (Å²) in [6, 6.07) is 5.01. The molecule has 21 heavy (non-hydrogen) atoms. The van der Waals surface area contributed by atoms with Gasteiger partial charge in [0.1, 0.15) is 18.2 Å². The monoisotopic (exact) mass is 307 g/mol. The standard InChI is InChI=1S/C15H18ClN3O2/c1-4-7-19-11(3)17-18-15(19)9-21-14-6-5-12(10(2)20)8-13(14)16/h5-6,8H,4,7,9H2,1-3H3. The lowest BCUT2D eigenvalue weighted by molar-refractivity contribution is 0.101. The maximum atomic E-state index is 11.3. The summed E-state index contributed by atoms with van der Waals surface area (Å²) in [6.07, 6.45) is 1.000. The molecule has 0 atom stereocenters. The molecule has 1 heterocycles. The van der Waals surface area contributed by atoms with Gasteiger partial charge in [-0.05, 0) is 38.5 Å². The van der Waals surface area contributed by atoms with E-state index in [0.29, 0.717) is 22.9 Å². The molecule has 0 fully saturated rings. The van der Waals surface area contributed by atoms with Gasteiger partial charge in [0.15, 0.2) is 11.6 Å². The Balaban J connectivity index is 2.11. The fraction of sp³-hybridized carbons (Fsp3) is 0.400. The molecule has 5 nitrogen and oxygen atoms in total. The van der Waals surface area contributed by atoms with Gasteiger partial charge >= 0.3 is 0 Å². The molecule has 0 spiro atoms. The summed E-state index contributed by atoms with van der Waals surface area (Å²) in [5, 5.41) is 8.60. The Kier molecular flexibility index (Phi) is 4.96. The van der Waals surface area contributed by atoms with Crippen molar-refractivity contribution in [3.8, 4) is 5.75 Å². The molecule has 0 aliphatic rings. The van der Waals surface area contributed by atoms with E-state index in [2.05, 4.69) is 17.1 Å². The van der Waals surface area contributed by atoms with Crippen LogP contribution in [0.4, 0.5) is 0 Å². The molecule has 6 heteroatoms. The third kappa shape index (κ3) is 3.61. The van der Waals surface area contributed by atoms with Crippen molar-refractivity contribution in [2.24, 2.45) is 0 Å². The van der Waals surface area contributed by atoms with Gasteiger partial charge < -0.3 is 9.30 Å². The van der Waals surface area contributed by atoms with Gasteiger partial charge in [0.2, 0.25) is 0 Å². The topological polar surface area (TPSA) is 57.0 Å². The third-order valence-electron chi connectivity index (χ3n) is 3.15. The molecule has 0 N–H and O–H groups in total. The molecule has 0 amide bonds. The summed E-state index contributed by atoms with van der Waals surface area (Å²) in [5.41, 5.74) is 0.567. The van der Waals surface area contributed by atoms with E-state index < -0.39 is 0 Å². The lowest BCUT2D eigenvalue weighted by atomic mass is 10.1. The molecule has 0 aliphatic carbocycles. The number of aryl methyl sites for hydroxylation is 1. The first kappa shape index (κ1) is 15.5. The number of hydrogen-bond acceptors (Lipinski definition) is 4. The van der Waals surface area contributed by atoms with E-state index in [9.17, 15) is 4.79 Å². The van der Waals surface area contributed by atoms with Crippen LogP contribution in [0.25, 0.3) is 0 Å². The molecule has 0 aliphatic heterocycles. The molecule has 0 bridgehead atoms. The second-order valence-electron chi connectivity index (χ2n) is 4.81. The zero-order chi connectivity index (χ0) is 15.4. The average molecular weight is 308 g/mol. The van der Waals surface area contributed by atoms with Crippen molar-refractivity contribution < 1.29 is 9.53 Å². The van der Waals surface area contributed by atoms with E-state index >= 15 is 0 Å². The summed E-state index contributed by atoms with van der Waals surface area (Å²) >= 11 is 6.13. The predicted molar refractivity (Wildman–Crippen MR) is 80.8 cm³/mol. The second kappa shape index (κ2) is 6.72. The van der Waals surface area contributed by atoms with Crippen LogP contribution >= 0.6 is 11.6 Å². The molecular weight excluding hydrogens is 290 g/mol. The number of hydrogen-bond donors (Lipinski definition) is 0. The van der Waals surface area contributed by atoms with Crippen LogP contribution < -0.4 is 4.74 Å². The summed E-state index contributed by atoms with van der Waals surface area (Å²) in [7, 11) is 0. The summed E-state index contributed by atoms with van der Waals surface area (Å²) in [5.74, 6) is 2.14.